The van der Waals surface area contributed by atoms with Gasteiger partial charge >= 0.3 is 6.09 Å². The third-order valence-corrected chi connectivity index (χ3v) is 3.10. The van der Waals surface area contributed by atoms with Gasteiger partial charge in [0.2, 0.25) is 0 Å². The number of ether oxygens (including phenoxy) is 1. The van der Waals surface area contributed by atoms with Gasteiger partial charge in [-0.1, -0.05) is 53.5 Å². The molecule has 0 fully saturated rings. The average molecular weight is 340 g/mol. The molecule has 1 amide bonds. The SMILES string of the molecule is O=C(NC1=CC=CN([O-])C1C=C(Cl)Cl)OCc1ccccc1. The van der Waals surface area contributed by atoms with Crippen LogP contribution < -0.4 is 5.32 Å². The minimum absolute atomic E-state index is 0.0634. The Hall–Kier alpha value is -1.95. The van der Waals surface area contributed by atoms with Gasteiger partial charge in [-0.15, -0.1) is 0 Å². The summed E-state index contributed by atoms with van der Waals surface area (Å²) in [6, 6.07) is 8.45. The van der Waals surface area contributed by atoms with E-state index in [2.05, 4.69) is 5.32 Å². The molecule has 1 heterocycles. The molecular formula is C15H13Cl2N2O3-. The van der Waals surface area contributed by atoms with Crippen molar-refractivity contribution in [1.82, 2.24) is 10.4 Å². The summed E-state index contributed by atoms with van der Waals surface area (Å²) in [5, 5.41) is 14.9. The molecule has 22 heavy (non-hydrogen) atoms. The normalized spacial score (nSPS) is 16.8. The van der Waals surface area contributed by atoms with Gasteiger partial charge in [-0.25, -0.2) is 4.79 Å². The maximum Gasteiger partial charge on any atom is 0.411 e. The van der Waals surface area contributed by atoms with Crippen LogP contribution in [0.2, 0.25) is 0 Å². The van der Waals surface area contributed by atoms with Crippen LogP contribution >= 0.6 is 23.2 Å². The van der Waals surface area contributed by atoms with Crippen molar-refractivity contribution in [2.75, 3.05) is 0 Å². The maximum atomic E-state index is 11.8. The minimum atomic E-state index is -0.806. The zero-order valence-electron chi connectivity index (χ0n) is 11.4. The molecule has 5 nitrogen and oxygen atoms in total. The Balaban J connectivity index is 1.96. The van der Waals surface area contributed by atoms with Crippen LogP contribution in [0.4, 0.5) is 4.79 Å². The van der Waals surface area contributed by atoms with Crippen molar-refractivity contribution in [2.24, 2.45) is 0 Å². The molecule has 116 valence electrons. The Bertz CT molecular complexity index is 610. The third kappa shape index (κ3) is 4.80. The molecule has 1 atom stereocenters. The standard InChI is InChI=1S/C15H13Cl2N2O3/c16-14(17)9-13-12(7-4-8-19(13)21)18-15(20)22-10-11-5-2-1-3-6-11/h1-9,13H,10H2,(H,18,20)/q-1. The molecule has 1 N–H and O–H groups in total. The fourth-order valence-corrected chi connectivity index (χ4v) is 2.07. The molecule has 1 aliphatic rings. The van der Waals surface area contributed by atoms with Crippen LogP contribution in [0.15, 0.2) is 64.9 Å². The fourth-order valence-electron chi connectivity index (χ4n) is 1.84. The van der Waals surface area contributed by atoms with E-state index in [9.17, 15) is 10.0 Å². The van der Waals surface area contributed by atoms with Gasteiger partial charge in [0.15, 0.2) is 0 Å². The van der Waals surface area contributed by atoms with Crippen LogP contribution in [0.5, 0.6) is 0 Å². The number of halogens is 2. The number of benzene rings is 1. The van der Waals surface area contributed by atoms with Gasteiger partial charge in [0.25, 0.3) is 0 Å². The van der Waals surface area contributed by atoms with Crippen LogP contribution in [0.25, 0.3) is 0 Å². The highest BCUT2D eigenvalue weighted by Gasteiger charge is 2.18. The summed E-state index contributed by atoms with van der Waals surface area (Å²) in [4.78, 5) is 11.8. The summed E-state index contributed by atoms with van der Waals surface area (Å²) < 4.78 is 5.03. The lowest BCUT2D eigenvalue weighted by atomic mass is 10.1. The van der Waals surface area contributed by atoms with Gasteiger partial charge in [-0.05, 0) is 30.0 Å². The first-order chi connectivity index (χ1) is 10.6. The summed E-state index contributed by atoms with van der Waals surface area (Å²) in [5.74, 6) is 0. The van der Waals surface area contributed by atoms with Crippen LogP contribution in [-0.2, 0) is 11.3 Å². The van der Waals surface area contributed by atoms with Crippen molar-refractivity contribution < 1.29 is 9.53 Å². The topological polar surface area (TPSA) is 64.6 Å². The summed E-state index contributed by atoms with van der Waals surface area (Å²) >= 11 is 11.2. The Kier molecular flexibility index (Phi) is 5.89. The Morgan fingerprint density at radius 1 is 1.36 bits per heavy atom. The number of allylic oxidation sites excluding steroid dienone is 2. The Morgan fingerprint density at radius 3 is 2.77 bits per heavy atom. The van der Waals surface area contributed by atoms with E-state index in [0.717, 1.165) is 5.56 Å². The first-order valence-corrected chi connectivity index (χ1v) is 7.16. The van der Waals surface area contributed by atoms with Crippen molar-refractivity contribution in [1.29, 1.82) is 0 Å². The van der Waals surface area contributed by atoms with Crippen molar-refractivity contribution in [3.05, 3.63) is 75.7 Å². The second-order valence-electron chi connectivity index (χ2n) is 4.41. The van der Waals surface area contributed by atoms with E-state index in [1.54, 1.807) is 6.08 Å². The average Bonchev–Trinajstić information content (AvgIpc) is 2.49. The van der Waals surface area contributed by atoms with E-state index in [0.29, 0.717) is 10.8 Å². The molecule has 2 rings (SSSR count). The number of rotatable bonds is 4. The molecule has 0 saturated heterocycles. The third-order valence-electron chi connectivity index (χ3n) is 2.84. The predicted octanol–water partition coefficient (Wildman–Crippen LogP) is 3.81. The lowest BCUT2D eigenvalue weighted by molar-refractivity contribution is 0.141. The van der Waals surface area contributed by atoms with Crippen LogP contribution in [-0.4, -0.2) is 17.2 Å². The van der Waals surface area contributed by atoms with E-state index < -0.39 is 12.1 Å². The lowest BCUT2D eigenvalue weighted by Crippen LogP contribution is -2.37. The summed E-state index contributed by atoms with van der Waals surface area (Å²) in [6.45, 7) is 0.133. The molecule has 7 heteroatoms. The molecule has 1 aliphatic heterocycles. The van der Waals surface area contributed by atoms with Crippen molar-refractivity contribution in [3.8, 4) is 0 Å². The van der Waals surface area contributed by atoms with Crippen LogP contribution in [0, 0.1) is 5.21 Å². The molecule has 0 aromatic heterocycles. The number of carbonyl (C=O) groups excluding carboxylic acids is 1. The van der Waals surface area contributed by atoms with Crippen molar-refractivity contribution in [2.45, 2.75) is 12.6 Å². The molecule has 0 spiro atoms. The maximum absolute atomic E-state index is 11.8. The number of hydroxylamine groups is 2. The van der Waals surface area contributed by atoms with Crippen molar-refractivity contribution >= 4 is 29.3 Å². The number of nitrogens with zero attached hydrogens (tertiary/aromatic N) is 1. The molecule has 0 radical (unpaired) electrons. The van der Waals surface area contributed by atoms with Crippen LogP contribution in [0.1, 0.15) is 5.56 Å². The number of hydrogen-bond acceptors (Lipinski definition) is 4. The first-order valence-electron chi connectivity index (χ1n) is 6.40. The van der Waals surface area contributed by atoms with E-state index >= 15 is 0 Å². The molecule has 0 aliphatic carbocycles. The zero-order valence-corrected chi connectivity index (χ0v) is 12.9. The van der Waals surface area contributed by atoms with E-state index in [4.69, 9.17) is 27.9 Å². The summed E-state index contributed by atoms with van der Waals surface area (Å²) in [5.41, 5.74) is 1.19. The predicted molar refractivity (Wildman–Crippen MR) is 85.8 cm³/mol. The highest BCUT2D eigenvalue weighted by Crippen LogP contribution is 2.19. The smallest absolute Gasteiger partial charge is 0.411 e. The minimum Gasteiger partial charge on any atom is -0.758 e. The van der Waals surface area contributed by atoms with Gasteiger partial charge in [0.1, 0.15) is 11.1 Å². The van der Waals surface area contributed by atoms with E-state index in [-0.39, 0.29) is 11.1 Å². The summed E-state index contributed by atoms with van der Waals surface area (Å²) in [6.07, 6.45) is 5.05. The molecule has 1 unspecified atom stereocenters. The van der Waals surface area contributed by atoms with Gasteiger partial charge < -0.3 is 15.0 Å². The Labute approximate surface area is 138 Å². The number of amides is 1. The number of nitrogens with one attached hydrogen (secondary N) is 1. The highest BCUT2D eigenvalue weighted by molar-refractivity contribution is 6.55. The second kappa shape index (κ2) is 7.89. The molecule has 0 saturated carbocycles. The first kappa shape index (κ1) is 16.4. The monoisotopic (exact) mass is 339 g/mol. The Morgan fingerprint density at radius 2 is 2.09 bits per heavy atom. The number of hydrogen-bond donors (Lipinski definition) is 1. The van der Waals surface area contributed by atoms with Crippen LogP contribution in [0.3, 0.4) is 0 Å². The van der Waals surface area contributed by atoms with Gasteiger partial charge in [-0.3, -0.25) is 5.32 Å². The largest absolute Gasteiger partial charge is 0.758 e. The zero-order chi connectivity index (χ0) is 15.9. The van der Waals surface area contributed by atoms with Gasteiger partial charge in [-0.2, -0.15) is 0 Å². The highest BCUT2D eigenvalue weighted by atomic mass is 35.5. The quantitative estimate of drug-likeness (QED) is 0.905. The van der Waals surface area contributed by atoms with E-state index in [1.807, 2.05) is 30.3 Å². The van der Waals surface area contributed by atoms with Gasteiger partial charge in [0, 0.05) is 5.70 Å². The second-order valence-corrected chi connectivity index (χ2v) is 5.42. The van der Waals surface area contributed by atoms with Crippen molar-refractivity contribution in [3.63, 3.8) is 0 Å². The molecule has 1 aromatic carbocycles. The lowest BCUT2D eigenvalue weighted by Gasteiger charge is -2.37. The molecule has 0 bridgehead atoms. The molecule has 1 aromatic rings. The molecular weight excluding hydrogens is 327 g/mol. The van der Waals surface area contributed by atoms with Gasteiger partial charge in [0.05, 0.1) is 6.04 Å². The van der Waals surface area contributed by atoms with E-state index in [1.165, 1.54) is 18.4 Å². The fraction of sp³-hybridized carbons (Fsp3) is 0.133. The summed E-state index contributed by atoms with van der Waals surface area (Å²) in [7, 11) is 0. The number of alkyl carbamates (subject to hydrolysis) is 1. The number of carbonyl (C=O) groups is 1.